The molecule has 1 unspecified atom stereocenters. The number of nitrogens with zero attached hydrogens (tertiary/aromatic N) is 3. The van der Waals surface area contributed by atoms with Crippen LogP contribution in [0.4, 0.5) is 5.69 Å². The van der Waals surface area contributed by atoms with Crippen LogP contribution < -0.4 is 0 Å². The van der Waals surface area contributed by atoms with Gasteiger partial charge in [0.15, 0.2) is 0 Å². The molecule has 1 atom stereocenters. The normalized spacial score (nSPS) is 15.5. The summed E-state index contributed by atoms with van der Waals surface area (Å²) in [5, 5.41) is 18.8. The predicted molar refractivity (Wildman–Crippen MR) is 112 cm³/mol. The zero-order valence-electron chi connectivity index (χ0n) is 16.2. The lowest BCUT2D eigenvalue weighted by Gasteiger charge is -2.26. The summed E-state index contributed by atoms with van der Waals surface area (Å²) < 4.78 is 5.15. The number of fused-ring (bicyclic) bond motifs is 1. The molecular formula is C21H19ClN4O4. The number of amides is 1. The Balaban J connectivity index is 1.79. The Morgan fingerprint density at radius 3 is 2.53 bits per heavy atom. The van der Waals surface area contributed by atoms with Crippen molar-refractivity contribution < 1.29 is 14.5 Å². The van der Waals surface area contributed by atoms with Gasteiger partial charge >= 0.3 is 0 Å². The average Bonchev–Trinajstić information content (AvgIpc) is 3.29. The Hall–Kier alpha value is -3.23. The minimum atomic E-state index is -0.448. The summed E-state index contributed by atoms with van der Waals surface area (Å²) in [6, 6.07) is 13.2. The summed E-state index contributed by atoms with van der Waals surface area (Å²) in [5.41, 5.74) is 3.39. The number of benzene rings is 2. The number of hydrogen-bond acceptors (Lipinski definition) is 5. The number of aromatic nitrogens is 2. The van der Waals surface area contributed by atoms with Gasteiger partial charge in [0.25, 0.3) is 11.6 Å². The number of hydrogen-bond donors (Lipinski definition) is 1. The second-order valence-corrected chi connectivity index (χ2v) is 7.40. The van der Waals surface area contributed by atoms with Crippen LogP contribution in [0.5, 0.6) is 0 Å². The molecule has 8 nitrogen and oxygen atoms in total. The van der Waals surface area contributed by atoms with E-state index < -0.39 is 4.92 Å². The van der Waals surface area contributed by atoms with E-state index in [0.717, 1.165) is 11.1 Å². The number of halogens is 1. The molecule has 0 fully saturated rings. The molecular weight excluding hydrogens is 408 g/mol. The van der Waals surface area contributed by atoms with Crippen molar-refractivity contribution in [3.63, 3.8) is 0 Å². The van der Waals surface area contributed by atoms with Crippen molar-refractivity contribution >= 4 is 23.2 Å². The highest BCUT2D eigenvalue weighted by Gasteiger charge is 2.41. The summed E-state index contributed by atoms with van der Waals surface area (Å²) in [5.74, 6) is -0.137. The maximum absolute atomic E-state index is 13.1. The van der Waals surface area contributed by atoms with E-state index in [-0.39, 0.29) is 17.6 Å². The van der Waals surface area contributed by atoms with Crippen LogP contribution in [-0.2, 0) is 4.74 Å². The van der Waals surface area contributed by atoms with Gasteiger partial charge in [0.2, 0.25) is 0 Å². The molecule has 0 bridgehead atoms. The van der Waals surface area contributed by atoms with Gasteiger partial charge in [-0.05, 0) is 36.2 Å². The molecule has 1 aliphatic rings. The van der Waals surface area contributed by atoms with E-state index in [0.29, 0.717) is 41.5 Å². The van der Waals surface area contributed by atoms with Crippen molar-refractivity contribution in [3.05, 3.63) is 80.5 Å². The number of aromatic amines is 1. The molecule has 1 aliphatic heterocycles. The SMILES string of the molecule is COCCCN1C(=O)c2[nH]nc(-c3ccc([N+](=O)[O-])cc3)c2C1c1ccc(Cl)cc1. The smallest absolute Gasteiger partial charge is 0.273 e. The molecule has 9 heteroatoms. The van der Waals surface area contributed by atoms with Gasteiger partial charge in [-0.25, -0.2) is 0 Å². The predicted octanol–water partition coefficient (Wildman–Crippen LogP) is 4.22. The number of ether oxygens (including phenoxy) is 1. The molecule has 0 aliphatic carbocycles. The zero-order chi connectivity index (χ0) is 21.3. The van der Waals surface area contributed by atoms with E-state index in [9.17, 15) is 14.9 Å². The van der Waals surface area contributed by atoms with E-state index >= 15 is 0 Å². The minimum absolute atomic E-state index is 0.00236. The fraction of sp³-hybridized carbons (Fsp3) is 0.238. The van der Waals surface area contributed by atoms with Crippen molar-refractivity contribution in [2.24, 2.45) is 0 Å². The molecule has 2 aromatic carbocycles. The van der Waals surface area contributed by atoms with Gasteiger partial charge in [-0.1, -0.05) is 23.7 Å². The molecule has 0 spiro atoms. The Morgan fingerprint density at radius 1 is 1.20 bits per heavy atom. The molecule has 30 heavy (non-hydrogen) atoms. The summed E-state index contributed by atoms with van der Waals surface area (Å²) >= 11 is 6.06. The summed E-state index contributed by atoms with van der Waals surface area (Å²) in [6.07, 6.45) is 0.691. The molecule has 1 aromatic heterocycles. The first-order valence-electron chi connectivity index (χ1n) is 9.39. The molecule has 2 heterocycles. The first-order valence-corrected chi connectivity index (χ1v) is 9.77. The lowest BCUT2D eigenvalue weighted by atomic mass is 9.96. The van der Waals surface area contributed by atoms with Crippen molar-refractivity contribution in [1.82, 2.24) is 15.1 Å². The van der Waals surface area contributed by atoms with Gasteiger partial charge < -0.3 is 9.64 Å². The van der Waals surface area contributed by atoms with Crippen molar-refractivity contribution in [2.75, 3.05) is 20.3 Å². The number of rotatable bonds is 7. The highest BCUT2D eigenvalue weighted by Crippen LogP contribution is 2.43. The first kappa shape index (κ1) is 20.1. The molecule has 154 valence electrons. The van der Waals surface area contributed by atoms with Crippen LogP contribution in [0, 0.1) is 10.1 Å². The number of methoxy groups -OCH3 is 1. The second kappa shape index (κ2) is 8.25. The second-order valence-electron chi connectivity index (χ2n) is 6.96. The van der Waals surface area contributed by atoms with Crippen LogP contribution in [-0.4, -0.2) is 46.2 Å². The van der Waals surface area contributed by atoms with Gasteiger partial charge in [-0.2, -0.15) is 5.10 Å². The molecule has 1 amide bonds. The third-order valence-corrected chi connectivity index (χ3v) is 5.40. The number of carbonyl (C=O) groups is 1. The molecule has 0 saturated heterocycles. The number of H-pyrrole nitrogens is 1. The fourth-order valence-electron chi connectivity index (χ4n) is 3.76. The topological polar surface area (TPSA) is 101 Å². The van der Waals surface area contributed by atoms with Gasteiger partial charge in [0.1, 0.15) is 5.69 Å². The van der Waals surface area contributed by atoms with Gasteiger partial charge in [-0.3, -0.25) is 20.0 Å². The van der Waals surface area contributed by atoms with E-state index in [1.54, 1.807) is 36.3 Å². The van der Waals surface area contributed by atoms with Gasteiger partial charge in [-0.15, -0.1) is 0 Å². The fourth-order valence-corrected chi connectivity index (χ4v) is 3.89. The molecule has 1 N–H and O–H groups in total. The van der Waals surface area contributed by atoms with Gasteiger partial charge in [0.05, 0.1) is 16.7 Å². The lowest BCUT2D eigenvalue weighted by molar-refractivity contribution is -0.384. The Kier molecular flexibility index (Phi) is 5.52. The standard InChI is InChI=1S/C21H19ClN4O4/c1-30-12-2-11-25-20(14-3-7-15(22)8-4-14)17-18(23-24-19(17)21(25)27)13-5-9-16(10-6-13)26(28)29/h3-10,20H,2,11-12H2,1H3,(H,23,24). The van der Waals surface area contributed by atoms with Crippen LogP contribution in [0.15, 0.2) is 48.5 Å². The molecule has 3 aromatic rings. The quantitative estimate of drug-likeness (QED) is 0.346. The molecule has 4 rings (SSSR count). The highest BCUT2D eigenvalue weighted by molar-refractivity contribution is 6.30. The van der Waals surface area contributed by atoms with Crippen LogP contribution in [0.2, 0.25) is 5.02 Å². The third kappa shape index (κ3) is 3.55. The maximum Gasteiger partial charge on any atom is 0.273 e. The van der Waals surface area contributed by atoms with Crippen LogP contribution in [0.3, 0.4) is 0 Å². The number of nitrogens with one attached hydrogen (secondary N) is 1. The maximum atomic E-state index is 13.1. The summed E-state index contributed by atoms with van der Waals surface area (Å²) in [6.45, 7) is 1.06. The monoisotopic (exact) mass is 426 g/mol. The highest BCUT2D eigenvalue weighted by atomic mass is 35.5. The van der Waals surface area contributed by atoms with Crippen molar-refractivity contribution in [3.8, 4) is 11.3 Å². The zero-order valence-corrected chi connectivity index (χ0v) is 16.9. The van der Waals surface area contributed by atoms with Crippen molar-refractivity contribution in [1.29, 1.82) is 0 Å². The Bertz CT molecular complexity index is 1080. The first-order chi connectivity index (χ1) is 14.5. The third-order valence-electron chi connectivity index (χ3n) is 5.15. The van der Waals surface area contributed by atoms with Crippen LogP contribution in [0.1, 0.15) is 34.1 Å². The summed E-state index contributed by atoms with van der Waals surface area (Å²) in [4.78, 5) is 25.4. The Morgan fingerprint density at radius 2 is 1.90 bits per heavy atom. The van der Waals surface area contributed by atoms with E-state index in [4.69, 9.17) is 16.3 Å². The molecule has 0 saturated carbocycles. The van der Waals surface area contributed by atoms with E-state index in [2.05, 4.69) is 10.2 Å². The van der Waals surface area contributed by atoms with Gasteiger partial charge in [0, 0.05) is 48.5 Å². The largest absolute Gasteiger partial charge is 0.385 e. The number of non-ortho nitro benzene ring substituents is 1. The van der Waals surface area contributed by atoms with E-state index in [1.807, 2.05) is 12.1 Å². The number of nitro groups is 1. The van der Waals surface area contributed by atoms with Crippen molar-refractivity contribution in [2.45, 2.75) is 12.5 Å². The Labute approximate surface area is 177 Å². The lowest BCUT2D eigenvalue weighted by Crippen LogP contribution is -2.31. The minimum Gasteiger partial charge on any atom is -0.385 e. The van der Waals surface area contributed by atoms with Crippen LogP contribution >= 0.6 is 11.6 Å². The summed E-state index contributed by atoms with van der Waals surface area (Å²) in [7, 11) is 1.63. The van der Waals surface area contributed by atoms with Crippen LogP contribution in [0.25, 0.3) is 11.3 Å². The number of carbonyl (C=O) groups excluding carboxylic acids is 1. The van der Waals surface area contributed by atoms with E-state index in [1.165, 1.54) is 12.1 Å². The molecule has 0 radical (unpaired) electrons. The number of nitro benzene ring substituents is 1. The average molecular weight is 427 g/mol.